The predicted molar refractivity (Wildman–Crippen MR) is 32.0 cm³/mol. The first-order chi connectivity index (χ1) is 4.79. The first-order valence-corrected chi connectivity index (χ1v) is 2.79. The van der Waals surface area contributed by atoms with Gasteiger partial charge in [0.1, 0.15) is 18.6 Å². The van der Waals surface area contributed by atoms with Crippen molar-refractivity contribution in [3.8, 4) is 0 Å². The van der Waals surface area contributed by atoms with Crippen LogP contribution in [-0.2, 0) is 16.1 Å². The second-order valence-electron chi connectivity index (χ2n) is 1.76. The minimum absolute atomic E-state index is 0.186. The van der Waals surface area contributed by atoms with Crippen LogP contribution in [0, 0.1) is 0 Å². The molecule has 1 aromatic rings. The molecule has 0 saturated carbocycles. The summed E-state index contributed by atoms with van der Waals surface area (Å²) in [5.74, 6) is -0.317. The van der Waals surface area contributed by atoms with Crippen molar-refractivity contribution >= 4 is 5.97 Å². The Bertz CT molecular complexity index is 205. The van der Waals surface area contributed by atoms with Crippen LogP contribution in [0.2, 0.25) is 0 Å². The van der Waals surface area contributed by atoms with Gasteiger partial charge >= 0.3 is 5.97 Å². The zero-order chi connectivity index (χ0) is 7.40. The number of hydrogen-bond acceptors (Lipinski definition) is 4. The molecule has 54 valence electrons. The fourth-order valence-electron chi connectivity index (χ4n) is 0.484. The number of rotatable bonds is 2. The third-order valence-electron chi connectivity index (χ3n) is 0.907. The second-order valence-corrected chi connectivity index (χ2v) is 1.76. The molecule has 0 N–H and O–H groups in total. The standard InChI is InChI=1S/C6H7NO3/c1-5(8)10-3-6-2-9-4-7-6/h2,4H,3H2,1H3. The minimum atomic E-state index is -0.317. The lowest BCUT2D eigenvalue weighted by molar-refractivity contribution is -0.142. The fraction of sp³-hybridized carbons (Fsp3) is 0.333. The first kappa shape index (κ1) is 6.80. The van der Waals surface area contributed by atoms with Crippen LogP contribution in [0.3, 0.4) is 0 Å². The van der Waals surface area contributed by atoms with Crippen LogP contribution in [0.1, 0.15) is 12.6 Å². The van der Waals surface area contributed by atoms with Crippen molar-refractivity contribution in [3.63, 3.8) is 0 Å². The lowest BCUT2D eigenvalue weighted by atomic mass is 10.5. The molecule has 1 heterocycles. The average Bonchev–Trinajstić information content (AvgIpc) is 2.34. The highest BCUT2D eigenvalue weighted by Crippen LogP contribution is 1.96. The monoisotopic (exact) mass is 141 g/mol. The van der Waals surface area contributed by atoms with Gasteiger partial charge in [-0.1, -0.05) is 0 Å². The smallest absolute Gasteiger partial charge is 0.303 e. The molecule has 1 rings (SSSR count). The van der Waals surface area contributed by atoms with E-state index < -0.39 is 0 Å². The van der Waals surface area contributed by atoms with E-state index in [4.69, 9.17) is 0 Å². The van der Waals surface area contributed by atoms with E-state index in [9.17, 15) is 4.79 Å². The molecular weight excluding hydrogens is 134 g/mol. The molecule has 0 aliphatic rings. The normalized spacial score (nSPS) is 9.30. The van der Waals surface area contributed by atoms with Crippen LogP contribution in [0.5, 0.6) is 0 Å². The summed E-state index contributed by atoms with van der Waals surface area (Å²) in [5, 5.41) is 0. The number of carbonyl (C=O) groups excluding carboxylic acids is 1. The lowest BCUT2D eigenvalue weighted by Gasteiger charge is -1.94. The van der Waals surface area contributed by atoms with Crippen LogP contribution < -0.4 is 0 Å². The molecule has 0 fully saturated rings. The van der Waals surface area contributed by atoms with Gasteiger partial charge in [-0.2, -0.15) is 0 Å². The van der Waals surface area contributed by atoms with E-state index in [1.807, 2.05) is 0 Å². The Morgan fingerprint density at radius 3 is 3.20 bits per heavy atom. The van der Waals surface area contributed by atoms with Crippen molar-refractivity contribution in [3.05, 3.63) is 18.4 Å². The van der Waals surface area contributed by atoms with Gasteiger partial charge in [0.2, 0.25) is 0 Å². The van der Waals surface area contributed by atoms with E-state index in [1.54, 1.807) is 0 Å². The number of ether oxygens (including phenoxy) is 1. The maximum absolute atomic E-state index is 10.3. The second kappa shape index (κ2) is 3.00. The third-order valence-corrected chi connectivity index (χ3v) is 0.907. The molecule has 0 spiro atoms. The Morgan fingerprint density at radius 1 is 1.90 bits per heavy atom. The number of nitrogens with zero attached hydrogens (tertiary/aromatic N) is 1. The highest BCUT2D eigenvalue weighted by atomic mass is 16.5. The summed E-state index contributed by atoms with van der Waals surface area (Å²) in [7, 11) is 0. The quantitative estimate of drug-likeness (QED) is 0.570. The van der Waals surface area contributed by atoms with E-state index in [0.717, 1.165) is 0 Å². The van der Waals surface area contributed by atoms with E-state index in [0.29, 0.717) is 5.69 Å². The maximum atomic E-state index is 10.3. The van der Waals surface area contributed by atoms with Crippen molar-refractivity contribution in [2.45, 2.75) is 13.5 Å². The Balaban J connectivity index is 2.35. The largest absolute Gasteiger partial charge is 0.459 e. The van der Waals surface area contributed by atoms with Crippen molar-refractivity contribution in [1.29, 1.82) is 0 Å². The van der Waals surface area contributed by atoms with Crippen LogP contribution in [0.15, 0.2) is 17.1 Å². The average molecular weight is 141 g/mol. The third kappa shape index (κ3) is 1.89. The summed E-state index contributed by atoms with van der Waals surface area (Å²) < 4.78 is 9.27. The molecule has 10 heavy (non-hydrogen) atoms. The van der Waals surface area contributed by atoms with E-state index >= 15 is 0 Å². The van der Waals surface area contributed by atoms with E-state index in [-0.39, 0.29) is 12.6 Å². The Morgan fingerprint density at radius 2 is 2.70 bits per heavy atom. The number of aromatic nitrogens is 1. The molecule has 0 atom stereocenters. The van der Waals surface area contributed by atoms with Crippen LogP contribution in [0.25, 0.3) is 0 Å². The molecule has 0 aromatic carbocycles. The van der Waals surface area contributed by atoms with Crippen molar-refractivity contribution in [2.24, 2.45) is 0 Å². The zero-order valence-corrected chi connectivity index (χ0v) is 5.53. The molecular formula is C6H7NO3. The summed E-state index contributed by atoms with van der Waals surface area (Å²) in [4.78, 5) is 14.0. The van der Waals surface area contributed by atoms with Crippen molar-refractivity contribution in [1.82, 2.24) is 4.98 Å². The highest BCUT2D eigenvalue weighted by Gasteiger charge is 1.97. The number of hydrogen-bond donors (Lipinski definition) is 0. The van der Waals surface area contributed by atoms with Gasteiger partial charge in [-0.15, -0.1) is 0 Å². The topological polar surface area (TPSA) is 52.3 Å². The van der Waals surface area contributed by atoms with Gasteiger partial charge in [-0.05, 0) is 0 Å². The Labute approximate surface area is 57.8 Å². The molecule has 4 heteroatoms. The summed E-state index contributed by atoms with van der Waals surface area (Å²) in [6.45, 7) is 1.53. The maximum Gasteiger partial charge on any atom is 0.303 e. The molecule has 0 bridgehead atoms. The molecule has 1 aromatic heterocycles. The molecule has 0 radical (unpaired) electrons. The van der Waals surface area contributed by atoms with E-state index in [1.165, 1.54) is 19.6 Å². The Hall–Kier alpha value is -1.32. The number of oxazole rings is 1. The minimum Gasteiger partial charge on any atom is -0.459 e. The van der Waals surface area contributed by atoms with Gasteiger partial charge in [-0.25, -0.2) is 4.98 Å². The SMILES string of the molecule is CC(=O)OCc1cocn1. The summed E-state index contributed by atoms with van der Waals surface area (Å²) in [6, 6.07) is 0. The summed E-state index contributed by atoms with van der Waals surface area (Å²) >= 11 is 0. The molecule has 0 unspecified atom stereocenters. The van der Waals surface area contributed by atoms with Crippen molar-refractivity contribution in [2.75, 3.05) is 0 Å². The highest BCUT2D eigenvalue weighted by molar-refractivity contribution is 5.65. The molecule has 0 amide bonds. The first-order valence-electron chi connectivity index (χ1n) is 2.79. The van der Waals surface area contributed by atoms with Crippen LogP contribution in [0.4, 0.5) is 0 Å². The Kier molecular flexibility index (Phi) is 2.04. The molecule has 0 aliphatic heterocycles. The van der Waals surface area contributed by atoms with Gasteiger partial charge in [0, 0.05) is 6.92 Å². The van der Waals surface area contributed by atoms with Gasteiger partial charge in [0.25, 0.3) is 0 Å². The van der Waals surface area contributed by atoms with Gasteiger partial charge < -0.3 is 9.15 Å². The summed E-state index contributed by atoms with van der Waals surface area (Å²) in [6.07, 6.45) is 2.72. The predicted octanol–water partition coefficient (Wildman–Crippen LogP) is 0.738. The number of carbonyl (C=O) groups is 1. The van der Waals surface area contributed by atoms with Crippen LogP contribution in [-0.4, -0.2) is 11.0 Å². The molecule has 0 aliphatic carbocycles. The summed E-state index contributed by atoms with van der Waals surface area (Å²) in [5.41, 5.74) is 0.621. The molecule has 4 nitrogen and oxygen atoms in total. The van der Waals surface area contributed by atoms with Gasteiger partial charge in [-0.3, -0.25) is 4.79 Å². The van der Waals surface area contributed by atoms with Gasteiger partial charge in [0.05, 0.1) is 0 Å². The fourth-order valence-corrected chi connectivity index (χ4v) is 0.484. The van der Waals surface area contributed by atoms with Gasteiger partial charge in [0.15, 0.2) is 6.39 Å². The zero-order valence-electron chi connectivity index (χ0n) is 5.53. The van der Waals surface area contributed by atoms with E-state index in [2.05, 4.69) is 14.1 Å². The van der Waals surface area contributed by atoms with Crippen molar-refractivity contribution < 1.29 is 13.9 Å². The number of esters is 1. The molecule has 0 saturated heterocycles. The lowest BCUT2D eigenvalue weighted by Crippen LogP contribution is -1.98. The van der Waals surface area contributed by atoms with Crippen LogP contribution >= 0.6 is 0 Å².